The van der Waals surface area contributed by atoms with Crippen molar-refractivity contribution in [1.29, 1.82) is 0 Å². The average molecular weight is 311 g/mol. The van der Waals surface area contributed by atoms with Crippen LogP contribution < -0.4 is 4.72 Å². The summed E-state index contributed by atoms with van der Waals surface area (Å²) in [4.78, 5) is 4.19. The lowest BCUT2D eigenvalue weighted by Crippen LogP contribution is -2.26. The highest BCUT2D eigenvalue weighted by atomic mass is 32.2. The fourth-order valence-electron chi connectivity index (χ4n) is 2.03. The molecular formula is C12H17N5O3S. The molecule has 1 N–H and O–H groups in total. The third kappa shape index (κ3) is 2.98. The van der Waals surface area contributed by atoms with Gasteiger partial charge < -0.3 is 4.52 Å². The van der Waals surface area contributed by atoms with E-state index in [1.807, 2.05) is 6.92 Å². The van der Waals surface area contributed by atoms with Crippen LogP contribution in [0.25, 0.3) is 0 Å². The highest BCUT2D eigenvalue weighted by Gasteiger charge is 2.30. The standard InChI is InChI=1S/C12H17N5O3S/c1-3-17-11(6-8(2)15-17)21(18,19)13-7-10-14-12(20-16-10)9-4-5-9/h6,9,13H,3-5,7H2,1-2H3. The summed E-state index contributed by atoms with van der Waals surface area (Å²) in [6.07, 6.45) is 2.12. The predicted octanol–water partition coefficient (Wildman–Crippen LogP) is 0.950. The summed E-state index contributed by atoms with van der Waals surface area (Å²) in [7, 11) is -3.65. The van der Waals surface area contributed by atoms with Crippen molar-refractivity contribution in [2.75, 3.05) is 0 Å². The maximum absolute atomic E-state index is 12.3. The monoisotopic (exact) mass is 311 g/mol. The molecule has 2 aromatic rings. The van der Waals surface area contributed by atoms with E-state index in [-0.39, 0.29) is 11.6 Å². The van der Waals surface area contributed by atoms with Crippen LogP contribution in [0.15, 0.2) is 15.6 Å². The van der Waals surface area contributed by atoms with Crippen LogP contribution in [0.5, 0.6) is 0 Å². The van der Waals surface area contributed by atoms with Crippen LogP contribution in [0.1, 0.15) is 43.1 Å². The van der Waals surface area contributed by atoms with Gasteiger partial charge in [-0.25, -0.2) is 13.1 Å². The minimum atomic E-state index is -3.65. The van der Waals surface area contributed by atoms with Gasteiger partial charge in [0, 0.05) is 12.5 Å². The van der Waals surface area contributed by atoms with Crippen molar-refractivity contribution in [3.8, 4) is 0 Å². The Morgan fingerprint density at radius 3 is 2.90 bits per heavy atom. The van der Waals surface area contributed by atoms with Gasteiger partial charge in [-0.05, 0) is 32.8 Å². The first-order chi connectivity index (χ1) is 9.99. The first-order valence-corrected chi connectivity index (χ1v) is 8.34. The zero-order valence-corrected chi connectivity index (χ0v) is 12.7. The van der Waals surface area contributed by atoms with E-state index >= 15 is 0 Å². The van der Waals surface area contributed by atoms with Gasteiger partial charge in [-0.1, -0.05) is 5.16 Å². The average Bonchev–Trinajstić information content (AvgIpc) is 3.06. The summed E-state index contributed by atoms with van der Waals surface area (Å²) in [6, 6.07) is 1.54. The number of aromatic nitrogens is 4. The number of rotatable bonds is 6. The van der Waals surface area contributed by atoms with Gasteiger partial charge in [-0.2, -0.15) is 10.1 Å². The summed E-state index contributed by atoms with van der Waals surface area (Å²) < 4.78 is 33.6. The van der Waals surface area contributed by atoms with Crippen molar-refractivity contribution >= 4 is 10.0 Å². The third-order valence-electron chi connectivity index (χ3n) is 3.27. The zero-order valence-electron chi connectivity index (χ0n) is 11.9. The molecule has 0 atom stereocenters. The van der Waals surface area contributed by atoms with Gasteiger partial charge in [0.2, 0.25) is 5.89 Å². The van der Waals surface area contributed by atoms with Gasteiger partial charge in [0.1, 0.15) is 0 Å². The summed E-state index contributed by atoms with van der Waals surface area (Å²) in [5, 5.41) is 8.07. The van der Waals surface area contributed by atoms with Crippen LogP contribution in [0.3, 0.4) is 0 Å². The van der Waals surface area contributed by atoms with E-state index in [2.05, 4.69) is 20.0 Å². The number of nitrogens with one attached hydrogen (secondary N) is 1. The number of nitrogens with zero attached hydrogens (tertiary/aromatic N) is 4. The molecule has 0 radical (unpaired) electrons. The largest absolute Gasteiger partial charge is 0.339 e. The molecule has 0 saturated heterocycles. The Hall–Kier alpha value is -1.74. The number of hydrogen-bond acceptors (Lipinski definition) is 6. The van der Waals surface area contributed by atoms with E-state index < -0.39 is 10.0 Å². The van der Waals surface area contributed by atoms with Crippen molar-refractivity contribution in [3.05, 3.63) is 23.5 Å². The van der Waals surface area contributed by atoms with Crippen molar-refractivity contribution in [2.45, 2.75) is 50.7 Å². The highest BCUT2D eigenvalue weighted by Crippen LogP contribution is 2.38. The second kappa shape index (κ2) is 5.23. The molecule has 21 heavy (non-hydrogen) atoms. The second-order valence-corrected chi connectivity index (χ2v) is 6.80. The van der Waals surface area contributed by atoms with E-state index in [1.165, 1.54) is 10.7 Å². The van der Waals surface area contributed by atoms with E-state index in [1.54, 1.807) is 6.92 Å². The molecule has 2 aromatic heterocycles. The lowest BCUT2D eigenvalue weighted by molar-refractivity contribution is 0.373. The Balaban J connectivity index is 1.72. The molecule has 1 aliphatic rings. The molecule has 1 aliphatic carbocycles. The van der Waals surface area contributed by atoms with Gasteiger partial charge in [0.05, 0.1) is 12.2 Å². The lowest BCUT2D eigenvalue weighted by Gasteiger charge is -2.06. The maximum Gasteiger partial charge on any atom is 0.258 e. The molecule has 8 nitrogen and oxygen atoms in total. The first kappa shape index (κ1) is 14.2. The van der Waals surface area contributed by atoms with E-state index in [0.29, 0.717) is 29.9 Å². The first-order valence-electron chi connectivity index (χ1n) is 6.86. The van der Waals surface area contributed by atoms with E-state index in [9.17, 15) is 8.42 Å². The van der Waals surface area contributed by atoms with Crippen LogP contribution >= 0.6 is 0 Å². The molecule has 1 fully saturated rings. The topological polar surface area (TPSA) is 103 Å². The van der Waals surface area contributed by atoms with Crippen molar-refractivity contribution in [3.63, 3.8) is 0 Å². The van der Waals surface area contributed by atoms with Gasteiger partial charge >= 0.3 is 0 Å². The minimum Gasteiger partial charge on any atom is -0.339 e. The molecule has 0 spiro atoms. The zero-order chi connectivity index (χ0) is 15.0. The lowest BCUT2D eigenvalue weighted by atomic mass is 10.4. The number of aryl methyl sites for hydroxylation is 2. The molecule has 0 amide bonds. The van der Waals surface area contributed by atoms with Gasteiger partial charge in [0.25, 0.3) is 10.0 Å². The summed E-state index contributed by atoms with van der Waals surface area (Å²) in [5.41, 5.74) is 0.660. The highest BCUT2D eigenvalue weighted by molar-refractivity contribution is 7.89. The molecule has 0 bridgehead atoms. The molecular weight excluding hydrogens is 294 g/mol. The van der Waals surface area contributed by atoms with Crippen molar-refractivity contribution in [1.82, 2.24) is 24.6 Å². The Morgan fingerprint density at radius 2 is 2.24 bits per heavy atom. The predicted molar refractivity (Wildman–Crippen MR) is 72.9 cm³/mol. The molecule has 0 aromatic carbocycles. The molecule has 0 unspecified atom stereocenters. The molecule has 114 valence electrons. The summed E-state index contributed by atoms with van der Waals surface area (Å²) >= 11 is 0. The third-order valence-corrected chi connectivity index (χ3v) is 4.67. The molecule has 9 heteroatoms. The van der Waals surface area contributed by atoms with Crippen molar-refractivity contribution in [2.24, 2.45) is 0 Å². The Labute approximate surface area is 122 Å². The Morgan fingerprint density at radius 1 is 1.48 bits per heavy atom. The van der Waals surface area contributed by atoms with Gasteiger partial charge in [-0.15, -0.1) is 0 Å². The van der Waals surface area contributed by atoms with Crippen molar-refractivity contribution < 1.29 is 12.9 Å². The van der Waals surface area contributed by atoms with Crippen LogP contribution in [-0.2, 0) is 23.1 Å². The van der Waals surface area contributed by atoms with Crippen LogP contribution in [0, 0.1) is 6.92 Å². The Bertz CT molecular complexity index is 745. The molecule has 2 heterocycles. The maximum atomic E-state index is 12.3. The van der Waals surface area contributed by atoms with Crippen LogP contribution in [0.4, 0.5) is 0 Å². The van der Waals surface area contributed by atoms with E-state index in [0.717, 1.165) is 12.8 Å². The summed E-state index contributed by atoms with van der Waals surface area (Å²) in [6.45, 7) is 4.09. The fourth-order valence-corrected chi connectivity index (χ4v) is 3.27. The SMILES string of the molecule is CCn1nc(C)cc1S(=O)(=O)NCc1noc(C2CC2)n1. The van der Waals surface area contributed by atoms with Crippen LogP contribution in [-0.4, -0.2) is 28.3 Å². The van der Waals surface area contributed by atoms with Crippen LogP contribution in [0.2, 0.25) is 0 Å². The second-order valence-electron chi connectivity index (χ2n) is 5.09. The smallest absolute Gasteiger partial charge is 0.258 e. The number of sulfonamides is 1. The van der Waals surface area contributed by atoms with Gasteiger partial charge in [-0.3, -0.25) is 4.68 Å². The minimum absolute atomic E-state index is 0.00644. The van der Waals surface area contributed by atoms with Gasteiger partial charge in [0.15, 0.2) is 10.9 Å². The fraction of sp³-hybridized carbons (Fsp3) is 0.583. The van der Waals surface area contributed by atoms with E-state index in [4.69, 9.17) is 4.52 Å². The number of hydrogen-bond donors (Lipinski definition) is 1. The Kier molecular flexibility index (Phi) is 3.54. The quantitative estimate of drug-likeness (QED) is 0.852. The molecule has 3 rings (SSSR count). The molecule has 0 aliphatic heterocycles. The summed E-state index contributed by atoms with van der Waals surface area (Å²) in [5.74, 6) is 1.30. The molecule has 1 saturated carbocycles. The normalized spacial score (nSPS) is 15.5.